The highest BCUT2D eigenvalue weighted by atomic mass is 35.5. The van der Waals surface area contributed by atoms with Crippen LogP contribution in [0.25, 0.3) is 0 Å². The second kappa shape index (κ2) is 6.32. The number of aliphatic hydroxyl groups excluding tert-OH is 1. The molecule has 1 rings (SSSR count). The first kappa shape index (κ1) is 13.6. The predicted octanol–water partition coefficient (Wildman–Crippen LogP) is 1.19. The summed E-state index contributed by atoms with van der Waals surface area (Å²) in [4.78, 5) is 11.3. The number of aromatic hydroxyl groups is 1. The van der Waals surface area contributed by atoms with Crippen LogP contribution in [0.3, 0.4) is 0 Å². The fourth-order valence-electron chi connectivity index (χ4n) is 1.24. The zero-order chi connectivity index (χ0) is 12.8. The van der Waals surface area contributed by atoms with Crippen molar-refractivity contribution in [3.05, 3.63) is 23.8 Å². The number of hydrogen-bond acceptors (Lipinski definition) is 5. The van der Waals surface area contributed by atoms with E-state index in [0.717, 1.165) is 0 Å². The summed E-state index contributed by atoms with van der Waals surface area (Å²) in [5, 5.41) is 21.9. The van der Waals surface area contributed by atoms with Crippen molar-refractivity contribution in [2.45, 2.75) is 6.10 Å². The van der Waals surface area contributed by atoms with E-state index in [9.17, 15) is 15.0 Å². The van der Waals surface area contributed by atoms with Gasteiger partial charge in [0.1, 0.15) is 5.56 Å². The van der Waals surface area contributed by atoms with E-state index in [0.29, 0.717) is 5.69 Å². The maximum atomic E-state index is 11.3. The van der Waals surface area contributed by atoms with E-state index in [-0.39, 0.29) is 23.7 Å². The number of carbonyl (C=O) groups excluding carboxylic acids is 1. The highest BCUT2D eigenvalue weighted by Crippen LogP contribution is 2.27. The van der Waals surface area contributed by atoms with E-state index in [1.165, 1.54) is 13.2 Å². The Hall–Kier alpha value is -1.46. The molecule has 0 fully saturated rings. The van der Waals surface area contributed by atoms with Gasteiger partial charge in [-0.25, -0.2) is 4.79 Å². The van der Waals surface area contributed by atoms with E-state index in [1.807, 2.05) is 0 Å². The predicted molar refractivity (Wildman–Crippen MR) is 64.7 cm³/mol. The van der Waals surface area contributed by atoms with Gasteiger partial charge in [-0.3, -0.25) is 0 Å². The van der Waals surface area contributed by atoms with Gasteiger partial charge in [-0.15, -0.1) is 11.6 Å². The van der Waals surface area contributed by atoms with Crippen LogP contribution in [-0.4, -0.2) is 41.8 Å². The number of anilines is 1. The van der Waals surface area contributed by atoms with E-state index < -0.39 is 12.1 Å². The minimum Gasteiger partial charge on any atom is -0.505 e. The number of esters is 1. The zero-order valence-corrected chi connectivity index (χ0v) is 10.1. The average molecular weight is 260 g/mol. The van der Waals surface area contributed by atoms with Crippen LogP contribution in [0.5, 0.6) is 5.75 Å². The highest BCUT2D eigenvalue weighted by Gasteiger charge is 2.14. The molecule has 94 valence electrons. The highest BCUT2D eigenvalue weighted by molar-refractivity contribution is 6.18. The molecule has 0 aliphatic heterocycles. The summed E-state index contributed by atoms with van der Waals surface area (Å²) in [6.45, 7) is 0.182. The number of hydrogen-bond donors (Lipinski definition) is 3. The Morgan fingerprint density at radius 3 is 2.88 bits per heavy atom. The van der Waals surface area contributed by atoms with Gasteiger partial charge in [0.2, 0.25) is 0 Å². The number of carbonyl (C=O) groups is 1. The first-order chi connectivity index (χ1) is 8.10. The van der Waals surface area contributed by atoms with Crippen LogP contribution in [0.2, 0.25) is 0 Å². The SMILES string of the molecule is COC(=O)c1cccc(NCC(O)CCl)c1O. The fraction of sp³-hybridized carbons (Fsp3) is 0.364. The molecule has 0 bridgehead atoms. The summed E-state index contributed by atoms with van der Waals surface area (Å²) in [6.07, 6.45) is -0.724. The van der Waals surface area contributed by atoms with Gasteiger partial charge in [0.15, 0.2) is 5.75 Å². The van der Waals surface area contributed by atoms with E-state index >= 15 is 0 Å². The third-order valence-electron chi connectivity index (χ3n) is 2.15. The van der Waals surface area contributed by atoms with Crippen LogP contribution < -0.4 is 5.32 Å². The zero-order valence-electron chi connectivity index (χ0n) is 9.31. The van der Waals surface area contributed by atoms with Crippen molar-refractivity contribution < 1.29 is 19.7 Å². The summed E-state index contributed by atoms with van der Waals surface area (Å²) in [5.74, 6) is -0.741. The number of phenolic OH excluding ortho intramolecular Hbond substituents is 1. The smallest absolute Gasteiger partial charge is 0.341 e. The minimum atomic E-state index is -0.724. The van der Waals surface area contributed by atoms with Crippen LogP contribution >= 0.6 is 11.6 Å². The Kier molecular flexibility index (Phi) is 5.06. The van der Waals surface area contributed by atoms with Crippen molar-refractivity contribution in [1.82, 2.24) is 0 Å². The molecule has 1 aromatic rings. The lowest BCUT2D eigenvalue weighted by Crippen LogP contribution is -2.21. The Labute approximate surface area is 104 Å². The third kappa shape index (κ3) is 3.51. The number of rotatable bonds is 5. The third-order valence-corrected chi connectivity index (χ3v) is 2.50. The van der Waals surface area contributed by atoms with Gasteiger partial charge in [-0.05, 0) is 12.1 Å². The molecule has 0 aliphatic carbocycles. The number of ether oxygens (including phenoxy) is 1. The summed E-state index contributed by atoms with van der Waals surface area (Å²) in [5.41, 5.74) is 0.412. The number of benzene rings is 1. The molecule has 0 aliphatic rings. The van der Waals surface area contributed by atoms with Gasteiger partial charge in [-0.1, -0.05) is 6.07 Å². The summed E-state index contributed by atoms with van der Waals surface area (Å²) >= 11 is 5.44. The van der Waals surface area contributed by atoms with Gasteiger partial charge in [0.05, 0.1) is 24.8 Å². The largest absolute Gasteiger partial charge is 0.505 e. The number of nitrogens with one attached hydrogen (secondary N) is 1. The van der Waals surface area contributed by atoms with Crippen LogP contribution in [0.4, 0.5) is 5.69 Å². The van der Waals surface area contributed by atoms with Crippen LogP contribution in [0.15, 0.2) is 18.2 Å². The monoisotopic (exact) mass is 259 g/mol. The molecule has 1 atom stereocenters. The van der Waals surface area contributed by atoms with Crippen molar-refractivity contribution in [3.8, 4) is 5.75 Å². The Morgan fingerprint density at radius 2 is 2.29 bits per heavy atom. The molecule has 1 aromatic carbocycles. The van der Waals surface area contributed by atoms with E-state index in [2.05, 4.69) is 10.1 Å². The number of aliphatic hydroxyl groups is 1. The standard InChI is InChI=1S/C11H14ClNO4/c1-17-11(16)8-3-2-4-9(10(8)15)13-6-7(14)5-12/h2-4,7,13-15H,5-6H2,1H3. The van der Waals surface area contributed by atoms with Gasteiger partial charge in [0.25, 0.3) is 0 Å². The maximum Gasteiger partial charge on any atom is 0.341 e. The Balaban J connectivity index is 2.83. The molecule has 17 heavy (non-hydrogen) atoms. The van der Waals surface area contributed by atoms with Crippen molar-refractivity contribution in [2.24, 2.45) is 0 Å². The number of methoxy groups -OCH3 is 1. The lowest BCUT2D eigenvalue weighted by atomic mass is 10.1. The summed E-state index contributed by atoms with van der Waals surface area (Å²) in [6, 6.07) is 4.63. The van der Waals surface area contributed by atoms with Crippen LogP contribution in [0, 0.1) is 0 Å². The first-order valence-electron chi connectivity index (χ1n) is 4.98. The number of alkyl halides is 1. The lowest BCUT2D eigenvalue weighted by molar-refractivity contribution is 0.0597. The van der Waals surface area contributed by atoms with Gasteiger partial charge in [0, 0.05) is 6.54 Å². The van der Waals surface area contributed by atoms with E-state index in [4.69, 9.17) is 11.6 Å². The quantitative estimate of drug-likeness (QED) is 0.421. The number of halogens is 1. The lowest BCUT2D eigenvalue weighted by Gasteiger charge is -2.12. The molecule has 6 heteroatoms. The molecule has 0 amide bonds. The second-order valence-corrected chi connectivity index (χ2v) is 3.69. The van der Waals surface area contributed by atoms with Crippen molar-refractivity contribution in [2.75, 3.05) is 24.9 Å². The Bertz CT molecular complexity index is 397. The molecule has 0 saturated carbocycles. The molecular formula is C11H14ClNO4. The normalized spacial score (nSPS) is 11.9. The summed E-state index contributed by atoms with van der Waals surface area (Å²) < 4.78 is 4.52. The van der Waals surface area contributed by atoms with Crippen molar-refractivity contribution >= 4 is 23.3 Å². The van der Waals surface area contributed by atoms with Crippen molar-refractivity contribution in [3.63, 3.8) is 0 Å². The van der Waals surface area contributed by atoms with Gasteiger partial charge >= 0.3 is 5.97 Å². The molecule has 3 N–H and O–H groups in total. The molecule has 0 aromatic heterocycles. The van der Waals surface area contributed by atoms with Crippen molar-refractivity contribution in [1.29, 1.82) is 0 Å². The van der Waals surface area contributed by atoms with Gasteiger partial charge < -0.3 is 20.3 Å². The summed E-state index contributed by atoms with van der Waals surface area (Å²) in [7, 11) is 1.24. The second-order valence-electron chi connectivity index (χ2n) is 3.38. The first-order valence-corrected chi connectivity index (χ1v) is 5.51. The molecule has 1 unspecified atom stereocenters. The minimum absolute atomic E-state index is 0.0675. The number of para-hydroxylation sites is 1. The van der Waals surface area contributed by atoms with Crippen LogP contribution in [0.1, 0.15) is 10.4 Å². The van der Waals surface area contributed by atoms with Gasteiger partial charge in [-0.2, -0.15) is 0 Å². The fourth-order valence-corrected chi connectivity index (χ4v) is 1.35. The molecule has 0 radical (unpaired) electrons. The average Bonchev–Trinajstić information content (AvgIpc) is 2.36. The molecule has 0 saturated heterocycles. The number of phenols is 1. The molecule has 0 spiro atoms. The molecule has 5 nitrogen and oxygen atoms in total. The molecule has 0 heterocycles. The topological polar surface area (TPSA) is 78.8 Å². The van der Waals surface area contributed by atoms with Crippen LogP contribution in [-0.2, 0) is 4.74 Å². The maximum absolute atomic E-state index is 11.3. The Morgan fingerprint density at radius 1 is 1.59 bits per heavy atom. The van der Waals surface area contributed by atoms with E-state index in [1.54, 1.807) is 12.1 Å². The molecular weight excluding hydrogens is 246 g/mol.